The molecule has 1 aliphatic rings. The van der Waals surface area contributed by atoms with Gasteiger partial charge in [-0.05, 0) is 54.3 Å². The molecule has 0 saturated carbocycles. The number of likely N-dealkylation sites (tertiary alicyclic amines) is 1. The number of nitrogens with one attached hydrogen (secondary N) is 2. The van der Waals surface area contributed by atoms with E-state index in [2.05, 4.69) is 32.0 Å². The van der Waals surface area contributed by atoms with Crippen LogP contribution in [0.4, 0.5) is 30.6 Å². The van der Waals surface area contributed by atoms with Crippen LogP contribution in [0.3, 0.4) is 0 Å². The van der Waals surface area contributed by atoms with Crippen LogP contribution >= 0.6 is 11.6 Å². The monoisotopic (exact) mass is 704 g/mol. The van der Waals surface area contributed by atoms with Crippen molar-refractivity contribution in [3.63, 3.8) is 0 Å². The quantitative estimate of drug-likeness (QED) is 0.154. The fourth-order valence-electron chi connectivity index (χ4n) is 6.15. The van der Waals surface area contributed by atoms with Crippen LogP contribution in [0, 0.1) is 23.0 Å². The smallest absolute Gasteiger partial charge is 0.410 e. The molecule has 0 bridgehead atoms. The van der Waals surface area contributed by atoms with Gasteiger partial charge in [-0.25, -0.2) is 18.3 Å². The highest BCUT2D eigenvalue weighted by molar-refractivity contribution is 6.31. The lowest BCUT2D eigenvalue weighted by Gasteiger charge is -2.31. The Morgan fingerprint density at radius 1 is 0.980 bits per heavy atom. The third kappa shape index (κ3) is 7.44. The van der Waals surface area contributed by atoms with Crippen LogP contribution in [-0.2, 0) is 11.3 Å². The third-order valence-corrected chi connectivity index (χ3v) is 9.09. The summed E-state index contributed by atoms with van der Waals surface area (Å²) in [7, 11) is 0. The first-order valence-corrected chi connectivity index (χ1v) is 16.7. The number of nitriles is 1. The van der Waals surface area contributed by atoms with Crippen molar-refractivity contribution in [1.82, 2.24) is 24.9 Å². The van der Waals surface area contributed by atoms with Gasteiger partial charge in [-0.1, -0.05) is 77.5 Å². The first-order chi connectivity index (χ1) is 24.9. The summed E-state index contributed by atoms with van der Waals surface area (Å²) in [6, 6.07) is 27.8. The number of ether oxygens (including phenoxy) is 1. The number of carbonyl (C=O) groups is 1. The first-order valence-electron chi connectivity index (χ1n) is 16.3. The van der Waals surface area contributed by atoms with Crippen LogP contribution in [0.15, 0.2) is 103 Å². The molecule has 1 unspecified atom stereocenters. The highest BCUT2D eigenvalue weighted by atomic mass is 35.5. The second-order valence-corrected chi connectivity index (χ2v) is 12.5. The number of nitrogens with zero attached hydrogens (tertiary/aromatic N) is 6. The van der Waals surface area contributed by atoms with Crippen molar-refractivity contribution < 1.29 is 18.3 Å². The van der Waals surface area contributed by atoms with Gasteiger partial charge >= 0.3 is 6.09 Å². The lowest BCUT2D eigenvalue weighted by atomic mass is 10.0. The molecule has 1 fully saturated rings. The zero-order chi connectivity index (χ0) is 35.3. The number of fused-ring (bicyclic) bond motifs is 1. The van der Waals surface area contributed by atoms with Gasteiger partial charge < -0.3 is 20.3 Å². The van der Waals surface area contributed by atoms with E-state index in [1.165, 1.54) is 30.5 Å². The number of hydrogen-bond acceptors (Lipinski definition) is 8. The SMILES string of the molecule is N#Cc1cnc2c(F)cc(NC(c3ccccc3)c3cn(C4CCN(C(=O)OCc5ccccc5)CC4)nn3)cc2c1Nc1ccc(F)c(Cl)c1. The van der Waals surface area contributed by atoms with E-state index in [4.69, 9.17) is 16.3 Å². The zero-order valence-electron chi connectivity index (χ0n) is 27.1. The van der Waals surface area contributed by atoms with Crippen molar-refractivity contribution >= 4 is 45.7 Å². The number of benzene rings is 4. The second kappa shape index (κ2) is 14.8. The molecule has 1 atom stereocenters. The van der Waals surface area contributed by atoms with Gasteiger partial charge in [-0.3, -0.25) is 4.98 Å². The molecule has 0 spiro atoms. The maximum Gasteiger partial charge on any atom is 0.410 e. The number of rotatable bonds is 9. The summed E-state index contributed by atoms with van der Waals surface area (Å²) in [5.41, 5.74) is 3.73. The molecule has 256 valence electrons. The summed E-state index contributed by atoms with van der Waals surface area (Å²) >= 11 is 6.00. The largest absolute Gasteiger partial charge is 0.445 e. The summed E-state index contributed by atoms with van der Waals surface area (Å²) in [4.78, 5) is 18.6. The van der Waals surface area contributed by atoms with Crippen LogP contribution in [-0.4, -0.2) is 44.1 Å². The molecule has 0 aliphatic carbocycles. The molecule has 7 rings (SSSR count). The minimum Gasteiger partial charge on any atom is -0.445 e. The number of piperidine rings is 1. The lowest BCUT2D eigenvalue weighted by molar-refractivity contribution is 0.0820. The number of amides is 1. The Labute approximate surface area is 297 Å². The highest BCUT2D eigenvalue weighted by Gasteiger charge is 2.27. The summed E-state index contributed by atoms with van der Waals surface area (Å²) in [5, 5.41) is 25.6. The number of pyridine rings is 1. The van der Waals surface area contributed by atoms with Gasteiger partial charge in [0.25, 0.3) is 0 Å². The van der Waals surface area contributed by atoms with Crippen molar-refractivity contribution in [3.8, 4) is 6.07 Å². The van der Waals surface area contributed by atoms with E-state index in [1.54, 1.807) is 11.0 Å². The molecule has 2 aromatic heterocycles. The molecule has 0 radical (unpaired) electrons. The fraction of sp³-hybridized carbons (Fsp3) is 0.184. The van der Waals surface area contributed by atoms with E-state index >= 15 is 4.39 Å². The van der Waals surface area contributed by atoms with Gasteiger partial charge in [-0.15, -0.1) is 5.10 Å². The van der Waals surface area contributed by atoms with E-state index in [1.807, 2.05) is 71.5 Å². The second-order valence-electron chi connectivity index (χ2n) is 12.1. The van der Waals surface area contributed by atoms with Crippen molar-refractivity contribution in [2.45, 2.75) is 31.5 Å². The van der Waals surface area contributed by atoms with Gasteiger partial charge in [0, 0.05) is 36.0 Å². The van der Waals surface area contributed by atoms with E-state index in [0.29, 0.717) is 54.1 Å². The number of aromatic nitrogens is 4. The molecular formula is C38H31ClF2N8O2. The van der Waals surface area contributed by atoms with Gasteiger partial charge in [0.2, 0.25) is 0 Å². The first kappa shape index (κ1) is 33.4. The van der Waals surface area contributed by atoms with Gasteiger partial charge in [-0.2, -0.15) is 5.26 Å². The Hall–Kier alpha value is -6.06. The van der Waals surface area contributed by atoms with E-state index < -0.39 is 17.7 Å². The molecule has 1 aliphatic heterocycles. The van der Waals surface area contributed by atoms with Gasteiger partial charge in [0.05, 0.1) is 34.6 Å². The summed E-state index contributed by atoms with van der Waals surface area (Å²) < 4.78 is 36.9. The van der Waals surface area contributed by atoms with Crippen LogP contribution in [0.5, 0.6) is 0 Å². The van der Waals surface area contributed by atoms with Crippen LogP contribution < -0.4 is 10.6 Å². The predicted molar refractivity (Wildman–Crippen MR) is 190 cm³/mol. The van der Waals surface area contributed by atoms with Crippen molar-refractivity contribution in [2.75, 3.05) is 23.7 Å². The third-order valence-electron chi connectivity index (χ3n) is 8.80. The van der Waals surface area contributed by atoms with E-state index in [9.17, 15) is 14.4 Å². The Morgan fingerprint density at radius 2 is 1.73 bits per heavy atom. The highest BCUT2D eigenvalue weighted by Crippen LogP contribution is 2.35. The maximum absolute atomic E-state index is 15.7. The minimum absolute atomic E-state index is 0.0167. The molecule has 10 nitrogen and oxygen atoms in total. The molecule has 4 aromatic carbocycles. The topological polar surface area (TPSA) is 121 Å². The maximum atomic E-state index is 15.7. The zero-order valence-corrected chi connectivity index (χ0v) is 27.9. The molecule has 51 heavy (non-hydrogen) atoms. The average Bonchev–Trinajstić information content (AvgIpc) is 3.65. The van der Waals surface area contributed by atoms with Gasteiger partial charge in [0.1, 0.15) is 29.7 Å². The molecule has 1 saturated heterocycles. The lowest BCUT2D eigenvalue weighted by Crippen LogP contribution is -2.39. The Bertz CT molecular complexity index is 2220. The molecular weight excluding hydrogens is 674 g/mol. The van der Waals surface area contributed by atoms with Crippen molar-refractivity contribution in [1.29, 1.82) is 5.26 Å². The Balaban J connectivity index is 1.12. The molecule has 1 amide bonds. The Kier molecular flexibility index (Phi) is 9.72. The average molecular weight is 705 g/mol. The van der Waals surface area contributed by atoms with E-state index in [-0.39, 0.29) is 34.8 Å². The van der Waals surface area contributed by atoms with Crippen LogP contribution in [0.2, 0.25) is 5.02 Å². The van der Waals surface area contributed by atoms with Gasteiger partial charge in [0.15, 0.2) is 5.82 Å². The Morgan fingerprint density at radius 3 is 2.45 bits per heavy atom. The fourth-order valence-corrected chi connectivity index (χ4v) is 6.33. The summed E-state index contributed by atoms with van der Waals surface area (Å²) in [6.45, 7) is 1.25. The summed E-state index contributed by atoms with van der Waals surface area (Å²) in [5.74, 6) is -1.20. The predicted octanol–water partition coefficient (Wildman–Crippen LogP) is 8.55. The molecule has 2 N–H and O–H groups in total. The van der Waals surface area contributed by atoms with E-state index in [0.717, 1.165) is 11.1 Å². The molecule has 3 heterocycles. The van der Waals surface area contributed by atoms with Crippen molar-refractivity contribution in [3.05, 3.63) is 142 Å². The molecule has 6 aromatic rings. The standard InChI is InChI=1S/C38H31ClF2N8O2/c39-31-18-27(11-12-32(31)40)44-35-26(20-42)21-43-37-30(35)17-28(19-33(37)41)45-36(25-9-5-2-6-10-25)34-22-49(47-46-34)29-13-15-48(16-14-29)38(50)51-23-24-7-3-1-4-8-24/h1-12,17-19,21-22,29,36,45H,13-16,23H2,(H,43,44). The molecule has 13 heteroatoms. The number of carbonyl (C=O) groups excluding carboxylic acids is 1. The number of halogens is 3. The van der Waals surface area contributed by atoms with Crippen molar-refractivity contribution in [2.24, 2.45) is 0 Å². The summed E-state index contributed by atoms with van der Waals surface area (Å²) in [6.07, 6.45) is 4.16. The normalized spacial score (nSPS) is 13.8. The van der Waals surface area contributed by atoms with Crippen LogP contribution in [0.1, 0.15) is 47.3 Å². The number of anilines is 3. The van der Waals surface area contributed by atoms with Crippen LogP contribution in [0.25, 0.3) is 10.9 Å². The minimum atomic E-state index is -0.607. The number of hydrogen-bond donors (Lipinski definition) is 2.